The van der Waals surface area contributed by atoms with Crippen molar-refractivity contribution in [3.05, 3.63) is 16.4 Å². The van der Waals surface area contributed by atoms with E-state index < -0.39 is 0 Å². The molecule has 1 aromatic rings. The first-order chi connectivity index (χ1) is 6.65. The lowest BCUT2D eigenvalue weighted by Crippen LogP contribution is -2.20. The van der Waals surface area contributed by atoms with Crippen molar-refractivity contribution >= 4 is 21.7 Å². The Morgan fingerprint density at radius 3 is 2.93 bits per heavy atom. The highest BCUT2D eigenvalue weighted by Crippen LogP contribution is 2.17. The Morgan fingerprint density at radius 1 is 1.64 bits per heavy atom. The highest BCUT2D eigenvalue weighted by molar-refractivity contribution is 9.10. The Hall–Kier alpha value is -0.680. The van der Waals surface area contributed by atoms with E-state index in [4.69, 9.17) is 0 Å². The minimum Gasteiger partial charge on any atom is -0.298 e. The largest absolute Gasteiger partial charge is 0.298 e. The predicted molar refractivity (Wildman–Crippen MR) is 55.8 cm³/mol. The summed E-state index contributed by atoms with van der Waals surface area (Å²) in [5.41, 5.74) is 1.00. The molecule has 0 unspecified atom stereocenters. The Kier molecular flexibility index (Phi) is 2.69. The normalized spacial score (nSPS) is 18.0. The van der Waals surface area contributed by atoms with E-state index >= 15 is 0 Å². The highest BCUT2D eigenvalue weighted by atomic mass is 79.9. The summed E-state index contributed by atoms with van der Waals surface area (Å²) in [6, 6.07) is 0. The van der Waals surface area contributed by atoms with Gasteiger partial charge in [0.15, 0.2) is 0 Å². The van der Waals surface area contributed by atoms with Gasteiger partial charge in [0.05, 0.1) is 16.7 Å². The summed E-state index contributed by atoms with van der Waals surface area (Å²) in [5.74, 6) is 0.331. The predicted octanol–water partition coefficient (Wildman–Crippen LogP) is 0.957. The standard InChI is InChI=1S/C9H12BrN3O/c1-12-5-8(10)9(11-12)6-13-3-2-7(14)4-13/h5H,2-4,6H2,1H3. The number of ketones is 1. The van der Waals surface area contributed by atoms with Gasteiger partial charge in [-0.3, -0.25) is 14.4 Å². The van der Waals surface area contributed by atoms with Crippen molar-refractivity contribution in [1.82, 2.24) is 14.7 Å². The Labute approximate surface area is 91.0 Å². The summed E-state index contributed by atoms with van der Waals surface area (Å²) in [7, 11) is 1.89. The van der Waals surface area contributed by atoms with E-state index in [1.165, 1.54) is 0 Å². The maximum absolute atomic E-state index is 11.1. The number of halogens is 1. The fourth-order valence-corrected chi connectivity index (χ4v) is 2.15. The van der Waals surface area contributed by atoms with E-state index in [2.05, 4.69) is 25.9 Å². The van der Waals surface area contributed by atoms with Crippen LogP contribution in [0.3, 0.4) is 0 Å². The third-order valence-corrected chi connectivity index (χ3v) is 3.00. The quantitative estimate of drug-likeness (QED) is 0.793. The molecule has 0 amide bonds. The number of likely N-dealkylation sites (tertiary alicyclic amines) is 1. The fraction of sp³-hybridized carbons (Fsp3) is 0.556. The van der Waals surface area contributed by atoms with Gasteiger partial charge in [-0.15, -0.1) is 0 Å². The van der Waals surface area contributed by atoms with Crippen molar-refractivity contribution < 1.29 is 4.79 Å². The summed E-state index contributed by atoms with van der Waals surface area (Å²) < 4.78 is 2.79. The number of aryl methyl sites for hydroxylation is 1. The number of carbonyl (C=O) groups excluding carboxylic acids is 1. The zero-order chi connectivity index (χ0) is 10.1. The van der Waals surface area contributed by atoms with Crippen LogP contribution < -0.4 is 0 Å². The van der Waals surface area contributed by atoms with Crippen LogP contribution in [-0.2, 0) is 18.4 Å². The van der Waals surface area contributed by atoms with Crippen LogP contribution in [0.1, 0.15) is 12.1 Å². The van der Waals surface area contributed by atoms with E-state index in [1.54, 1.807) is 4.68 Å². The maximum Gasteiger partial charge on any atom is 0.148 e. The molecular weight excluding hydrogens is 246 g/mol. The highest BCUT2D eigenvalue weighted by Gasteiger charge is 2.20. The number of aromatic nitrogens is 2. The van der Waals surface area contributed by atoms with Crippen molar-refractivity contribution in [3.8, 4) is 0 Å². The van der Waals surface area contributed by atoms with E-state index in [0.717, 1.165) is 23.3 Å². The molecule has 1 fully saturated rings. The molecule has 0 saturated carbocycles. The minimum absolute atomic E-state index is 0.331. The molecule has 4 nitrogen and oxygen atoms in total. The smallest absolute Gasteiger partial charge is 0.148 e. The number of nitrogens with zero attached hydrogens (tertiary/aromatic N) is 3. The molecule has 0 atom stereocenters. The van der Waals surface area contributed by atoms with Crippen molar-refractivity contribution in [2.75, 3.05) is 13.1 Å². The summed E-state index contributed by atoms with van der Waals surface area (Å²) >= 11 is 3.44. The lowest BCUT2D eigenvalue weighted by molar-refractivity contribution is -0.116. The molecule has 76 valence electrons. The average molecular weight is 258 g/mol. The summed E-state index contributed by atoms with van der Waals surface area (Å²) in [4.78, 5) is 13.2. The second-order valence-electron chi connectivity index (χ2n) is 3.60. The van der Waals surface area contributed by atoms with Crippen molar-refractivity contribution in [2.45, 2.75) is 13.0 Å². The molecule has 0 N–H and O–H groups in total. The SMILES string of the molecule is Cn1cc(Br)c(CN2CCC(=O)C2)n1. The molecule has 1 aromatic heterocycles. The molecular formula is C9H12BrN3O. The Bertz CT molecular complexity index is 361. The van der Waals surface area contributed by atoms with Crippen LogP contribution >= 0.6 is 15.9 Å². The molecule has 5 heteroatoms. The van der Waals surface area contributed by atoms with Gasteiger partial charge in [-0.2, -0.15) is 5.10 Å². The van der Waals surface area contributed by atoms with Gasteiger partial charge >= 0.3 is 0 Å². The van der Waals surface area contributed by atoms with Crippen LogP contribution in [0.15, 0.2) is 10.7 Å². The summed E-state index contributed by atoms with van der Waals surface area (Å²) in [5, 5.41) is 4.32. The molecule has 1 saturated heterocycles. The van der Waals surface area contributed by atoms with Gasteiger partial charge in [0.2, 0.25) is 0 Å². The summed E-state index contributed by atoms with van der Waals surface area (Å²) in [6.45, 7) is 2.19. The van der Waals surface area contributed by atoms with Gasteiger partial charge in [0.25, 0.3) is 0 Å². The maximum atomic E-state index is 11.1. The van der Waals surface area contributed by atoms with Crippen LogP contribution in [0.25, 0.3) is 0 Å². The van der Waals surface area contributed by atoms with Crippen molar-refractivity contribution in [3.63, 3.8) is 0 Å². The number of carbonyl (C=O) groups is 1. The third-order valence-electron chi connectivity index (χ3n) is 2.33. The van der Waals surface area contributed by atoms with E-state index in [9.17, 15) is 4.79 Å². The first-order valence-electron chi connectivity index (χ1n) is 4.57. The minimum atomic E-state index is 0.331. The van der Waals surface area contributed by atoms with Crippen molar-refractivity contribution in [2.24, 2.45) is 7.05 Å². The Morgan fingerprint density at radius 2 is 2.43 bits per heavy atom. The van der Waals surface area contributed by atoms with E-state index in [-0.39, 0.29) is 0 Å². The molecule has 2 rings (SSSR count). The van der Waals surface area contributed by atoms with Crippen LogP contribution in [0, 0.1) is 0 Å². The van der Waals surface area contributed by atoms with Crippen molar-refractivity contribution in [1.29, 1.82) is 0 Å². The molecule has 0 aromatic carbocycles. The molecule has 2 heterocycles. The number of rotatable bonds is 2. The van der Waals surface area contributed by atoms with Crippen LogP contribution in [-0.4, -0.2) is 33.6 Å². The van der Waals surface area contributed by atoms with Crippen LogP contribution in [0.2, 0.25) is 0 Å². The number of Topliss-reactive ketones (excluding diaryl/α,β-unsaturated/α-hetero) is 1. The van der Waals surface area contributed by atoms with Gasteiger partial charge in [-0.25, -0.2) is 0 Å². The van der Waals surface area contributed by atoms with E-state index in [1.807, 2.05) is 13.2 Å². The monoisotopic (exact) mass is 257 g/mol. The van der Waals surface area contributed by atoms with Crippen LogP contribution in [0.5, 0.6) is 0 Å². The second-order valence-corrected chi connectivity index (χ2v) is 4.45. The topological polar surface area (TPSA) is 38.1 Å². The fourth-order valence-electron chi connectivity index (χ4n) is 1.65. The van der Waals surface area contributed by atoms with Gasteiger partial charge in [-0.1, -0.05) is 0 Å². The molecule has 1 aliphatic rings. The Balaban J connectivity index is 2.04. The second kappa shape index (κ2) is 3.82. The van der Waals surface area contributed by atoms with Gasteiger partial charge in [0, 0.05) is 32.8 Å². The molecule has 0 aliphatic carbocycles. The molecule has 0 radical (unpaired) electrons. The average Bonchev–Trinajstić information content (AvgIpc) is 2.61. The number of hydrogen-bond donors (Lipinski definition) is 0. The molecule has 0 bridgehead atoms. The molecule has 1 aliphatic heterocycles. The first-order valence-corrected chi connectivity index (χ1v) is 5.36. The van der Waals surface area contributed by atoms with Gasteiger partial charge < -0.3 is 0 Å². The van der Waals surface area contributed by atoms with Gasteiger partial charge in [-0.05, 0) is 15.9 Å². The number of hydrogen-bond acceptors (Lipinski definition) is 3. The summed E-state index contributed by atoms with van der Waals surface area (Å²) in [6.07, 6.45) is 2.61. The lowest BCUT2D eigenvalue weighted by atomic mass is 10.4. The van der Waals surface area contributed by atoms with Gasteiger partial charge in [0.1, 0.15) is 5.78 Å². The zero-order valence-corrected chi connectivity index (χ0v) is 9.62. The molecule has 14 heavy (non-hydrogen) atoms. The van der Waals surface area contributed by atoms with Crippen LogP contribution in [0.4, 0.5) is 0 Å². The zero-order valence-electron chi connectivity index (χ0n) is 8.03. The third kappa shape index (κ3) is 2.04. The van der Waals surface area contributed by atoms with E-state index in [0.29, 0.717) is 18.7 Å². The lowest BCUT2D eigenvalue weighted by Gasteiger charge is -2.11. The first kappa shape index (κ1) is 9.86. The molecule has 0 spiro atoms.